The van der Waals surface area contributed by atoms with Crippen molar-refractivity contribution >= 4 is 27.6 Å². The number of nitrogens with zero attached hydrogens (tertiary/aromatic N) is 2. The molecule has 2 aromatic rings. The first-order valence-corrected chi connectivity index (χ1v) is 15.9. The van der Waals surface area contributed by atoms with Crippen LogP contribution >= 0.6 is 0 Å². The SMILES string of the molecule is COc1ccc(S(=O)(=O)N(C)C[C@H]2Oc3c(NC(=O)NC4CCCCC4)cccc3C(=O)N([C@@H](C)CO)C[C@@H]2C)cc1. The average Bonchev–Trinajstić information content (AvgIpc) is 2.99. The van der Waals surface area contributed by atoms with Gasteiger partial charge in [-0.2, -0.15) is 4.31 Å². The summed E-state index contributed by atoms with van der Waals surface area (Å²) < 4.78 is 39.7. The second kappa shape index (κ2) is 13.7. The van der Waals surface area contributed by atoms with Crippen LogP contribution in [0.25, 0.3) is 0 Å². The van der Waals surface area contributed by atoms with Gasteiger partial charge in [-0.1, -0.05) is 32.3 Å². The van der Waals surface area contributed by atoms with Crippen LogP contribution in [-0.2, 0) is 10.0 Å². The highest BCUT2D eigenvalue weighted by molar-refractivity contribution is 7.89. The van der Waals surface area contributed by atoms with Crippen molar-refractivity contribution < 1.29 is 32.6 Å². The third-order valence-electron chi connectivity index (χ3n) is 8.08. The summed E-state index contributed by atoms with van der Waals surface area (Å²) in [6, 6.07) is 10.3. The number of aliphatic hydroxyl groups is 1. The Balaban J connectivity index is 1.65. The van der Waals surface area contributed by atoms with E-state index in [1.54, 1.807) is 42.2 Å². The molecule has 0 bridgehead atoms. The predicted molar refractivity (Wildman–Crippen MR) is 159 cm³/mol. The number of fused-ring (bicyclic) bond motifs is 1. The van der Waals surface area contributed by atoms with Crippen molar-refractivity contribution in [2.24, 2.45) is 5.92 Å². The van der Waals surface area contributed by atoms with E-state index in [-0.39, 0.29) is 53.8 Å². The lowest BCUT2D eigenvalue weighted by atomic mass is 9.96. The highest BCUT2D eigenvalue weighted by atomic mass is 32.2. The van der Waals surface area contributed by atoms with Gasteiger partial charge in [0.05, 0.1) is 42.4 Å². The lowest BCUT2D eigenvalue weighted by Gasteiger charge is -2.38. The van der Waals surface area contributed by atoms with E-state index in [1.807, 2.05) is 6.92 Å². The number of nitrogens with one attached hydrogen (secondary N) is 2. The molecule has 1 fully saturated rings. The molecule has 2 aromatic carbocycles. The number of benzene rings is 2. The van der Waals surface area contributed by atoms with Crippen LogP contribution in [0.3, 0.4) is 0 Å². The van der Waals surface area contributed by atoms with E-state index in [1.165, 1.54) is 30.6 Å². The smallest absolute Gasteiger partial charge is 0.319 e. The lowest BCUT2D eigenvalue weighted by molar-refractivity contribution is 0.0389. The number of amides is 3. The molecule has 1 aliphatic heterocycles. The highest BCUT2D eigenvalue weighted by Gasteiger charge is 2.36. The van der Waals surface area contributed by atoms with Crippen LogP contribution in [0.4, 0.5) is 10.5 Å². The minimum Gasteiger partial charge on any atom is -0.497 e. The van der Waals surface area contributed by atoms with Crippen molar-refractivity contribution in [3.05, 3.63) is 48.0 Å². The predicted octanol–water partition coefficient (Wildman–Crippen LogP) is 3.69. The first-order chi connectivity index (χ1) is 20.0. The summed E-state index contributed by atoms with van der Waals surface area (Å²) in [5, 5.41) is 15.8. The van der Waals surface area contributed by atoms with Gasteiger partial charge in [0, 0.05) is 25.6 Å². The van der Waals surface area contributed by atoms with Crippen LogP contribution in [0.15, 0.2) is 47.4 Å². The summed E-state index contributed by atoms with van der Waals surface area (Å²) in [5.74, 6) is 0.0462. The van der Waals surface area contributed by atoms with Gasteiger partial charge in [-0.15, -0.1) is 0 Å². The molecular formula is C30H42N4O7S. The van der Waals surface area contributed by atoms with E-state index in [2.05, 4.69) is 10.6 Å². The second-order valence-electron chi connectivity index (χ2n) is 11.2. The zero-order chi connectivity index (χ0) is 30.4. The molecule has 3 atom stereocenters. The molecule has 0 saturated heterocycles. The van der Waals surface area contributed by atoms with Crippen molar-refractivity contribution in [2.75, 3.05) is 39.2 Å². The Morgan fingerprint density at radius 3 is 2.50 bits per heavy atom. The van der Waals surface area contributed by atoms with E-state index in [0.29, 0.717) is 11.4 Å². The number of likely N-dealkylation sites (N-methyl/N-ethyl adjacent to an activating group) is 1. The zero-order valence-corrected chi connectivity index (χ0v) is 25.5. The number of methoxy groups -OCH3 is 1. The van der Waals surface area contributed by atoms with Crippen molar-refractivity contribution in [2.45, 2.75) is 69.0 Å². The number of aliphatic hydroxyl groups excluding tert-OH is 1. The minimum atomic E-state index is -3.88. The lowest BCUT2D eigenvalue weighted by Crippen LogP contribution is -2.50. The molecule has 1 saturated carbocycles. The molecule has 12 heteroatoms. The van der Waals surface area contributed by atoms with Crippen molar-refractivity contribution in [3.8, 4) is 11.5 Å². The summed E-state index contributed by atoms with van der Waals surface area (Å²) >= 11 is 0. The summed E-state index contributed by atoms with van der Waals surface area (Å²) in [4.78, 5) is 28.4. The molecule has 2 aliphatic rings. The first kappa shape index (κ1) is 31.6. The number of hydrogen-bond acceptors (Lipinski definition) is 7. The van der Waals surface area contributed by atoms with Crippen LogP contribution in [0.5, 0.6) is 11.5 Å². The maximum Gasteiger partial charge on any atom is 0.319 e. The fourth-order valence-corrected chi connectivity index (χ4v) is 6.61. The summed E-state index contributed by atoms with van der Waals surface area (Å²) in [5.41, 5.74) is 0.536. The van der Waals surface area contributed by atoms with Gasteiger partial charge in [0.1, 0.15) is 11.9 Å². The fraction of sp³-hybridized carbons (Fsp3) is 0.533. The number of urea groups is 1. The topological polar surface area (TPSA) is 138 Å². The molecular weight excluding hydrogens is 560 g/mol. The Morgan fingerprint density at radius 1 is 1.17 bits per heavy atom. The molecule has 1 heterocycles. The van der Waals surface area contributed by atoms with Crippen LogP contribution < -0.4 is 20.1 Å². The fourth-order valence-electron chi connectivity index (χ4n) is 5.43. The average molecular weight is 603 g/mol. The van der Waals surface area contributed by atoms with Crippen LogP contribution in [-0.4, -0.2) is 86.7 Å². The Labute approximate surface area is 248 Å². The number of rotatable bonds is 9. The monoisotopic (exact) mass is 602 g/mol. The van der Waals surface area contributed by atoms with Gasteiger partial charge in [0.2, 0.25) is 10.0 Å². The van der Waals surface area contributed by atoms with Crippen LogP contribution in [0.1, 0.15) is 56.3 Å². The molecule has 0 aromatic heterocycles. The van der Waals surface area contributed by atoms with Crippen molar-refractivity contribution in [1.82, 2.24) is 14.5 Å². The molecule has 0 unspecified atom stereocenters. The second-order valence-corrected chi connectivity index (χ2v) is 13.2. The molecule has 11 nitrogen and oxygen atoms in total. The molecule has 4 rings (SSSR count). The zero-order valence-electron chi connectivity index (χ0n) is 24.7. The highest BCUT2D eigenvalue weighted by Crippen LogP contribution is 2.35. The molecule has 0 radical (unpaired) electrons. The van der Waals surface area contributed by atoms with Crippen molar-refractivity contribution in [3.63, 3.8) is 0 Å². The van der Waals surface area contributed by atoms with Crippen LogP contribution in [0.2, 0.25) is 0 Å². The molecule has 230 valence electrons. The molecule has 0 spiro atoms. The van der Waals surface area contributed by atoms with Gasteiger partial charge in [0.15, 0.2) is 5.75 Å². The van der Waals surface area contributed by atoms with E-state index in [4.69, 9.17) is 9.47 Å². The van der Waals surface area contributed by atoms with E-state index in [0.717, 1.165) is 32.1 Å². The van der Waals surface area contributed by atoms with Gasteiger partial charge >= 0.3 is 6.03 Å². The Bertz CT molecular complexity index is 1350. The number of anilines is 1. The molecule has 3 amide bonds. The summed E-state index contributed by atoms with van der Waals surface area (Å²) in [7, 11) is -0.887. The molecule has 1 aliphatic carbocycles. The first-order valence-electron chi connectivity index (χ1n) is 14.4. The van der Waals surface area contributed by atoms with Gasteiger partial charge < -0.3 is 30.1 Å². The van der Waals surface area contributed by atoms with Crippen molar-refractivity contribution in [1.29, 1.82) is 0 Å². The number of hydrogen-bond donors (Lipinski definition) is 3. The maximum atomic E-state index is 13.7. The Hall–Kier alpha value is -3.35. The van der Waals surface area contributed by atoms with Crippen LogP contribution in [0, 0.1) is 5.92 Å². The number of ether oxygens (including phenoxy) is 2. The largest absolute Gasteiger partial charge is 0.497 e. The standard InChI is InChI=1S/C30H42N4O7S/c1-20-17-34(21(2)19-35)29(36)25-11-8-12-26(32-30(37)31-22-9-6-5-7-10-22)28(25)41-27(20)18-33(3)42(38,39)24-15-13-23(40-4)14-16-24/h8,11-16,20-22,27,35H,5-7,9-10,17-19H2,1-4H3,(H2,31,32,37)/t20-,21-,27+/m0/s1. The number of para-hydroxylation sites is 1. The van der Waals surface area contributed by atoms with E-state index < -0.39 is 28.2 Å². The molecule has 42 heavy (non-hydrogen) atoms. The van der Waals surface area contributed by atoms with E-state index >= 15 is 0 Å². The van der Waals surface area contributed by atoms with Gasteiger partial charge in [0.25, 0.3) is 5.91 Å². The Morgan fingerprint density at radius 2 is 1.86 bits per heavy atom. The third-order valence-corrected chi connectivity index (χ3v) is 9.92. The normalized spacial score (nSPS) is 20.6. The van der Waals surface area contributed by atoms with Gasteiger partial charge in [-0.25, -0.2) is 13.2 Å². The quantitative estimate of drug-likeness (QED) is 0.398. The Kier molecular flexibility index (Phi) is 10.3. The number of carbonyl (C=O) groups is 2. The number of sulfonamides is 1. The summed E-state index contributed by atoms with van der Waals surface area (Å²) in [6.07, 6.45) is 4.43. The minimum absolute atomic E-state index is 0.0207. The van der Waals surface area contributed by atoms with Gasteiger partial charge in [-0.3, -0.25) is 4.79 Å². The maximum absolute atomic E-state index is 13.7. The van der Waals surface area contributed by atoms with E-state index in [9.17, 15) is 23.1 Å². The summed E-state index contributed by atoms with van der Waals surface area (Å²) in [6.45, 7) is 3.60. The third kappa shape index (κ3) is 7.16. The molecule has 3 N–H and O–H groups in total. The number of carbonyl (C=O) groups excluding carboxylic acids is 2. The van der Waals surface area contributed by atoms with Gasteiger partial charge in [-0.05, 0) is 56.2 Å².